The summed E-state index contributed by atoms with van der Waals surface area (Å²) in [4.78, 5) is 22.0. The van der Waals surface area contributed by atoms with Crippen molar-refractivity contribution in [3.05, 3.63) is 23.8 Å². The van der Waals surface area contributed by atoms with Gasteiger partial charge in [-0.1, -0.05) is 15.9 Å². The van der Waals surface area contributed by atoms with Crippen LogP contribution in [0, 0.1) is 6.92 Å². The quantitative estimate of drug-likeness (QED) is 0.552. The molecule has 0 unspecified atom stereocenters. The summed E-state index contributed by atoms with van der Waals surface area (Å²) in [6.45, 7) is 4.64. The Bertz CT molecular complexity index is 463. The molecular weight excluding hydrogens is 310 g/mol. The monoisotopic (exact) mass is 327 g/mol. The number of carbonyl (C=O) groups is 2. The molecule has 0 saturated carbocycles. The summed E-state index contributed by atoms with van der Waals surface area (Å²) in [7, 11) is 0. The number of alkyl halides is 1. The minimum Gasteiger partial charge on any atom is -0.383 e. The summed E-state index contributed by atoms with van der Waals surface area (Å²) >= 11 is 3.11. The maximum atomic E-state index is 11.3. The first-order valence-electron chi connectivity index (χ1n) is 5.97. The average molecular weight is 328 g/mol. The molecule has 0 atom stereocenters. The van der Waals surface area contributed by atoms with Gasteiger partial charge in [-0.3, -0.25) is 9.59 Å². The number of benzene rings is 1. The molecule has 6 heteroatoms. The second-order valence-corrected chi connectivity index (χ2v) is 4.74. The molecule has 0 fully saturated rings. The summed E-state index contributed by atoms with van der Waals surface area (Å²) in [5, 5.41) is 8.96. The highest BCUT2D eigenvalue weighted by Gasteiger charge is 2.02. The highest BCUT2D eigenvalue weighted by atomic mass is 79.9. The van der Waals surface area contributed by atoms with Gasteiger partial charge in [-0.25, -0.2) is 0 Å². The van der Waals surface area contributed by atoms with Crippen molar-refractivity contribution >= 4 is 39.1 Å². The van der Waals surface area contributed by atoms with Crippen LogP contribution >= 0.6 is 15.9 Å². The van der Waals surface area contributed by atoms with E-state index < -0.39 is 0 Å². The van der Waals surface area contributed by atoms with Crippen molar-refractivity contribution in [2.45, 2.75) is 13.8 Å². The second-order valence-electron chi connectivity index (χ2n) is 4.18. The zero-order valence-electron chi connectivity index (χ0n) is 11.0. The van der Waals surface area contributed by atoms with Crippen molar-refractivity contribution in [3.63, 3.8) is 0 Å². The summed E-state index contributed by atoms with van der Waals surface area (Å²) in [6, 6.07) is 5.75. The van der Waals surface area contributed by atoms with Gasteiger partial charge in [-0.2, -0.15) is 0 Å². The molecule has 0 bridgehead atoms. The van der Waals surface area contributed by atoms with E-state index in [1.54, 1.807) is 0 Å². The topological polar surface area (TPSA) is 70.2 Å². The number of carbonyl (C=O) groups excluding carboxylic acids is 2. The number of amides is 2. The molecule has 0 saturated heterocycles. The fraction of sp³-hybridized carbons (Fsp3) is 0.385. The van der Waals surface area contributed by atoms with Crippen LogP contribution in [-0.2, 0) is 9.59 Å². The van der Waals surface area contributed by atoms with Gasteiger partial charge >= 0.3 is 0 Å². The van der Waals surface area contributed by atoms with Gasteiger partial charge in [0.2, 0.25) is 11.8 Å². The Hall–Kier alpha value is -1.56. The second kappa shape index (κ2) is 7.78. The lowest BCUT2D eigenvalue weighted by molar-refractivity contribution is -0.119. The number of aryl methyl sites for hydroxylation is 1. The third-order valence-electron chi connectivity index (χ3n) is 2.31. The molecule has 1 aromatic carbocycles. The van der Waals surface area contributed by atoms with E-state index >= 15 is 0 Å². The number of anilines is 2. The van der Waals surface area contributed by atoms with Gasteiger partial charge in [0.05, 0.1) is 5.33 Å². The largest absolute Gasteiger partial charge is 0.383 e. The number of hydrogen-bond acceptors (Lipinski definition) is 3. The Kier molecular flexibility index (Phi) is 6.35. The molecule has 0 spiro atoms. The van der Waals surface area contributed by atoms with Crippen molar-refractivity contribution in [1.29, 1.82) is 0 Å². The zero-order chi connectivity index (χ0) is 14.3. The summed E-state index contributed by atoms with van der Waals surface area (Å²) in [5.74, 6) is -0.133. The standard InChI is InChI=1S/C13H18BrN3O2/c1-9-5-11(16-4-3-15-10(2)18)7-12(6-9)17-13(19)8-14/h5-7,16H,3-4,8H2,1-2H3,(H,15,18)(H,17,19). The van der Waals surface area contributed by atoms with Gasteiger partial charge in [0.1, 0.15) is 0 Å². The van der Waals surface area contributed by atoms with Gasteiger partial charge in [0.25, 0.3) is 0 Å². The van der Waals surface area contributed by atoms with Crippen LogP contribution in [0.1, 0.15) is 12.5 Å². The SMILES string of the molecule is CC(=O)NCCNc1cc(C)cc(NC(=O)CBr)c1. The average Bonchev–Trinajstić information content (AvgIpc) is 2.33. The third-order valence-corrected chi connectivity index (χ3v) is 2.82. The van der Waals surface area contributed by atoms with Crippen LogP contribution in [0.25, 0.3) is 0 Å². The van der Waals surface area contributed by atoms with Crippen LogP contribution in [0.3, 0.4) is 0 Å². The lowest BCUT2D eigenvalue weighted by Crippen LogP contribution is -2.26. The molecule has 1 rings (SSSR count). The first-order valence-corrected chi connectivity index (χ1v) is 7.09. The fourth-order valence-electron chi connectivity index (χ4n) is 1.60. The molecule has 0 aliphatic rings. The van der Waals surface area contributed by atoms with Gasteiger partial charge in [-0.15, -0.1) is 0 Å². The van der Waals surface area contributed by atoms with E-state index in [0.717, 1.165) is 16.9 Å². The maximum Gasteiger partial charge on any atom is 0.235 e. The molecule has 0 aliphatic heterocycles. The van der Waals surface area contributed by atoms with Crippen molar-refractivity contribution in [2.75, 3.05) is 29.1 Å². The fourth-order valence-corrected chi connectivity index (χ4v) is 1.74. The zero-order valence-corrected chi connectivity index (χ0v) is 12.6. The third kappa shape index (κ3) is 6.24. The van der Waals surface area contributed by atoms with Crippen molar-refractivity contribution in [1.82, 2.24) is 5.32 Å². The predicted molar refractivity (Wildman–Crippen MR) is 80.8 cm³/mol. The Labute approximate surface area is 121 Å². The maximum absolute atomic E-state index is 11.3. The molecule has 104 valence electrons. The van der Waals surface area contributed by atoms with Crippen LogP contribution in [0.4, 0.5) is 11.4 Å². The Morgan fingerprint density at radius 3 is 2.47 bits per heavy atom. The molecular formula is C13H18BrN3O2. The lowest BCUT2D eigenvalue weighted by Gasteiger charge is -2.11. The minimum absolute atomic E-state index is 0.0451. The predicted octanol–water partition coefficient (Wildman–Crippen LogP) is 1.88. The molecule has 2 amide bonds. The van der Waals surface area contributed by atoms with Crippen LogP contribution in [0.5, 0.6) is 0 Å². The number of nitrogens with one attached hydrogen (secondary N) is 3. The first kappa shape index (κ1) is 15.5. The van der Waals surface area contributed by atoms with Crippen molar-refractivity contribution < 1.29 is 9.59 Å². The molecule has 0 aliphatic carbocycles. The van der Waals surface area contributed by atoms with Gasteiger partial charge in [0, 0.05) is 31.4 Å². The van der Waals surface area contributed by atoms with Crippen molar-refractivity contribution in [2.24, 2.45) is 0 Å². The van der Waals surface area contributed by atoms with Gasteiger partial charge in [0.15, 0.2) is 0 Å². The van der Waals surface area contributed by atoms with E-state index in [9.17, 15) is 9.59 Å². The Balaban J connectivity index is 2.58. The molecule has 5 nitrogen and oxygen atoms in total. The first-order chi connectivity index (χ1) is 9.01. The van der Waals surface area contributed by atoms with E-state index in [2.05, 4.69) is 31.9 Å². The van der Waals surface area contributed by atoms with E-state index in [4.69, 9.17) is 0 Å². The van der Waals surface area contributed by atoms with Crippen molar-refractivity contribution in [3.8, 4) is 0 Å². The van der Waals surface area contributed by atoms with Crippen LogP contribution in [-0.4, -0.2) is 30.2 Å². The minimum atomic E-state index is -0.0882. The molecule has 19 heavy (non-hydrogen) atoms. The normalized spacial score (nSPS) is 9.84. The number of halogens is 1. The summed E-state index contributed by atoms with van der Waals surface area (Å²) in [5.41, 5.74) is 2.72. The van der Waals surface area contributed by atoms with Crippen LogP contribution in [0.2, 0.25) is 0 Å². The number of hydrogen-bond donors (Lipinski definition) is 3. The van der Waals surface area contributed by atoms with E-state index in [1.165, 1.54) is 6.92 Å². The van der Waals surface area contributed by atoms with Gasteiger partial charge < -0.3 is 16.0 Å². The molecule has 3 N–H and O–H groups in total. The molecule has 1 aromatic rings. The van der Waals surface area contributed by atoms with E-state index in [1.807, 2.05) is 25.1 Å². The van der Waals surface area contributed by atoms with Crippen LogP contribution in [0.15, 0.2) is 18.2 Å². The highest BCUT2D eigenvalue weighted by molar-refractivity contribution is 9.09. The Morgan fingerprint density at radius 2 is 1.84 bits per heavy atom. The summed E-state index contributed by atoms with van der Waals surface area (Å²) < 4.78 is 0. The smallest absolute Gasteiger partial charge is 0.235 e. The van der Waals surface area contributed by atoms with E-state index in [-0.39, 0.29) is 17.1 Å². The number of rotatable bonds is 6. The van der Waals surface area contributed by atoms with Gasteiger partial charge in [-0.05, 0) is 30.7 Å². The summed E-state index contributed by atoms with van der Waals surface area (Å²) in [6.07, 6.45) is 0. The molecule has 0 radical (unpaired) electrons. The Morgan fingerprint density at radius 1 is 1.16 bits per heavy atom. The molecule has 0 aromatic heterocycles. The van der Waals surface area contributed by atoms with E-state index in [0.29, 0.717) is 13.1 Å². The van der Waals surface area contributed by atoms with Crippen LogP contribution < -0.4 is 16.0 Å². The highest BCUT2D eigenvalue weighted by Crippen LogP contribution is 2.18. The molecule has 0 heterocycles. The lowest BCUT2D eigenvalue weighted by atomic mass is 10.2.